The highest BCUT2D eigenvalue weighted by Gasteiger charge is 2.16. The molecule has 5 nitrogen and oxygen atoms in total. The molecule has 0 saturated carbocycles. The van der Waals surface area contributed by atoms with Crippen LogP contribution in [0.2, 0.25) is 0 Å². The molecule has 0 saturated heterocycles. The number of allylic oxidation sites excluding steroid dienone is 1. The minimum absolute atomic E-state index is 0.0617. The van der Waals surface area contributed by atoms with Crippen molar-refractivity contribution in [2.75, 3.05) is 11.9 Å². The Morgan fingerprint density at radius 2 is 2.07 bits per heavy atom. The second-order valence-corrected chi connectivity index (χ2v) is 6.75. The SMILES string of the molecule is C=CCCCCCOc1cccc(NC(=O)c2nc3cccnc3cc2C)c1F. The Morgan fingerprint density at radius 1 is 1.21 bits per heavy atom. The first-order chi connectivity index (χ1) is 14.1. The van der Waals surface area contributed by atoms with Crippen molar-refractivity contribution in [1.82, 2.24) is 9.97 Å². The van der Waals surface area contributed by atoms with E-state index < -0.39 is 11.7 Å². The highest BCUT2D eigenvalue weighted by molar-refractivity contribution is 6.05. The number of rotatable bonds is 9. The Bertz CT molecular complexity index is 1020. The Kier molecular flexibility index (Phi) is 6.89. The minimum atomic E-state index is -0.591. The molecule has 3 rings (SSSR count). The fraction of sp³-hybridized carbons (Fsp3) is 0.261. The Balaban J connectivity index is 1.69. The largest absolute Gasteiger partial charge is 0.490 e. The molecule has 0 aliphatic heterocycles. The van der Waals surface area contributed by atoms with Crippen molar-refractivity contribution in [1.29, 1.82) is 0 Å². The molecular weight excluding hydrogens is 369 g/mol. The number of amides is 1. The van der Waals surface area contributed by atoms with Crippen LogP contribution in [0.15, 0.2) is 55.3 Å². The van der Waals surface area contributed by atoms with Crippen molar-refractivity contribution in [3.63, 3.8) is 0 Å². The Hall–Kier alpha value is -3.28. The molecule has 0 unspecified atom stereocenters. The lowest BCUT2D eigenvalue weighted by Gasteiger charge is -2.12. The van der Waals surface area contributed by atoms with Crippen LogP contribution in [-0.2, 0) is 0 Å². The lowest BCUT2D eigenvalue weighted by Crippen LogP contribution is -2.16. The number of nitrogens with zero attached hydrogens (tertiary/aromatic N) is 2. The summed E-state index contributed by atoms with van der Waals surface area (Å²) in [6.07, 6.45) is 7.38. The number of aryl methyl sites for hydroxylation is 1. The maximum Gasteiger partial charge on any atom is 0.274 e. The van der Waals surface area contributed by atoms with Gasteiger partial charge in [0.15, 0.2) is 11.6 Å². The summed E-state index contributed by atoms with van der Waals surface area (Å²) in [6, 6.07) is 10.0. The maximum atomic E-state index is 14.7. The van der Waals surface area contributed by atoms with E-state index in [0.717, 1.165) is 25.7 Å². The zero-order valence-electron chi connectivity index (χ0n) is 16.5. The van der Waals surface area contributed by atoms with Crippen molar-refractivity contribution in [2.45, 2.75) is 32.6 Å². The van der Waals surface area contributed by atoms with Crippen molar-refractivity contribution < 1.29 is 13.9 Å². The van der Waals surface area contributed by atoms with E-state index >= 15 is 0 Å². The first kappa shape index (κ1) is 20.5. The first-order valence-electron chi connectivity index (χ1n) is 9.66. The summed E-state index contributed by atoms with van der Waals surface area (Å²) < 4.78 is 20.3. The van der Waals surface area contributed by atoms with Gasteiger partial charge in [0.05, 0.1) is 23.3 Å². The molecule has 6 heteroatoms. The monoisotopic (exact) mass is 393 g/mol. The number of halogens is 1. The van der Waals surface area contributed by atoms with Crippen molar-refractivity contribution in [3.05, 3.63) is 72.3 Å². The summed E-state index contributed by atoms with van der Waals surface area (Å²) in [4.78, 5) is 21.3. The van der Waals surface area contributed by atoms with Gasteiger partial charge in [-0.2, -0.15) is 0 Å². The predicted octanol–water partition coefficient (Wildman–Crippen LogP) is 5.45. The number of anilines is 1. The lowest BCUT2D eigenvalue weighted by atomic mass is 10.1. The number of hydrogen-bond donors (Lipinski definition) is 1. The third-order valence-corrected chi connectivity index (χ3v) is 4.51. The van der Waals surface area contributed by atoms with Crippen LogP contribution < -0.4 is 10.1 Å². The molecule has 0 aliphatic rings. The number of carbonyl (C=O) groups excluding carboxylic acids is 1. The number of nitrogens with one attached hydrogen (secondary N) is 1. The van der Waals surface area contributed by atoms with E-state index in [1.54, 1.807) is 43.5 Å². The minimum Gasteiger partial charge on any atom is -0.490 e. The van der Waals surface area contributed by atoms with Crippen LogP contribution in [0.4, 0.5) is 10.1 Å². The Labute approximate surface area is 169 Å². The highest BCUT2D eigenvalue weighted by Crippen LogP contribution is 2.25. The standard InChI is InChI=1S/C23H24FN3O2/c1-3-4-5-6-7-14-29-20-12-8-10-18(21(20)24)27-23(28)22-16(2)15-19-17(26-22)11-9-13-25-19/h3,8-13,15H,1,4-7,14H2,2H3,(H,27,28). The van der Waals surface area contributed by atoms with E-state index in [4.69, 9.17) is 4.74 Å². The number of ether oxygens (including phenoxy) is 1. The fourth-order valence-corrected chi connectivity index (χ4v) is 2.98. The van der Waals surface area contributed by atoms with Crippen LogP contribution in [0.25, 0.3) is 11.0 Å². The van der Waals surface area contributed by atoms with Gasteiger partial charge in [-0.05, 0) is 68.5 Å². The topological polar surface area (TPSA) is 64.1 Å². The molecule has 2 aromatic heterocycles. The number of hydrogen-bond acceptors (Lipinski definition) is 4. The van der Waals surface area contributed by atoms with Crippen LogP contribution in [0.1, 0.15) is 41.7 Å². The van der Waals surface area contributed by atoms with E-state index in [-0.39, 0.29) is 17.1 Å². The molecule has 0 fully saturated rings. The molecule has 0 bridgehead atoms. The zero-order chi connectivity index (χ0) is 20.6. The quantitative estimate of drug-likeness (QED) is 0.388. The number of carbonyl (C=O) groups is 1. The first-order valence-corrected chi connectivity index (χ1v) is 9.66. The fourth-order valence-electron chi connectivity index (χ4n) is 2.98. The molecule has 150 valence electrons. The molecule has 3 aromatic rings. The molecule has 29 heavy (non-hydrogen) atoms. The van der Waals surface area contributed by atoms with Crippen LogP contribution in [-0.4, -0.2) is 22.5 Å². The average molecular weight is 393 g/mol. The van der Waals surface area contributed by atoms with Crippen molar-refractivity contribution in [2.24, 2.45) is 0 Å². The number of pyridine rings is 2. The third kappa shape index (κ3) is 5.16. The van der Waals surface area contributed by atoms with Crippen molar-refractivity contribution in [3.8, 4) is 5.75 Å². The molecule has 0 atom stereocenters. The van der Waals surface area contributed by atoms with Crippen LogP contribution in [0.3, 0.4) is 0 Å². The molecule has 2 heterocycles. The molecule has 1 aromatic carbocycles. The van der Waals surface area contributed by atoms with E-state index in [2.05, 4.69) is 21.9 Å². The number of unbranched alkanes of at least 4 members (excludes halogenated alkanes) is 3. The summed E-state index contributed by atoms with van der Waals surface area (Å²) in [5, 5.41) is 2.60. The van der Waals surface area contributed by atoms with Gasteiger partial charge in [-0.25, -0.2) is 9.37 Å². The second-order valence-electron chi connectivity index (χ2n) is 6.75. The maximum absolute atomic E-state index is 14.7. The summed E-state index contributed by atoms with van der Waals surface area (Å²) in [7, 11) is 0. The van der Waals surface area contributed by atoms with E-state index in [9.17, 15) is 9.18 Å². The van der Waals surface area contributed by atoms with Gasteiger partial charge in [0.1, 0.15) is 5.69 Å². The molecule has 0 radical (unpaired) electrons. The molecule has 1 N–H and O–H groups in total. The van der Waals surface area contributed by atoms with Crippen LogP contribution >= 0.6 is 0 Å². The number of benzene rings is 1. The third-order valence-electron chi connectivity index (χ3n) is 4.51. The van der Waals surface area contributed by atoms with Gasteiger partial charge in [0, 0.05) is 6.20 Å². The highest BCUT2D eigenvalue weighted by atomic mass is 19.1. The van der Waals surface area contributed by atoms with Gasteiger partial charge in [-0.15, -0.1) is 6.58 Å². The van der Waals surface area contributed by atoms with E-state index in [1.807, 2.05) is 6.08 Å². The van der Waals surface area contributed by atoms with Gasteiger partial charge < -0.3 is 10.1 Å². The van der Waals surface area contributed by atoms with Gasteiger partial charge >= 0.3 is 0 Å². The van der Waals surface area contributed by atoms with Crippen LogP contribution in [0.5, 0.6) is 5.75 Å². The summed E-state index contributed by atoms with van der Waals surface area (Å²) in [5.74, 6) is -0.945. The van der Waals surface area contributed by atoms with Crippen molar-refractivity contribution >= 4 is 22.6 Å². The molecule has 0 spiro atoms. The molecule has 0 aliphatic carbocycles. The number of fused-ring (bicyclic) bond motifs is 1. The summed E-state index contributed by atoms with van der Waals surface area (Å²) >= 11 is 0. The smallest absolute Gasteiger partial charge is 0.274 e. The predicted molar refractivity (Wildman–Crippen MR) is 113 cm³/mol. The second kappa shape index (κ2) is 9.78. The van der Waals surface area contributed by atoms with Gasteiger partial charge in [-0.3, -0.25) is 9.78 Å². The molecular formula is C23H24FN3O2. The van der Waals surface area contributed by atoms with E-state index in [1.165, 1.54) is 6.07 Å². The van der Waals surface area contributed by atoms with Gasteiger partial charge in [0.25, 0.3) is 5.91 Å². The summed E-state index contributed by atoms with van der Waals surface area (Å²) in [5.41, 5.74) is 2.28. The van der Waals surface area contributed by atoms with E-state index in [0.29, 0.717) is 23.2 Å². The normalized spacial score (nSPS) is 10.7. The Morgan fingerprint density at radius 3 is 2.90 bits per heavy atom. The van der Waals surface area contributed by atoms with Gasteiger partial charge in [0.2, 0.25) is 0 Å². The number of aromatic nitrogens is 2. The summed E-state index contributed by atoms with van der Waals surface area (Å²) in [6.45, 7) is 5.89. The van der Waals surface area contributed by atoms with Gasteiger partial charge in [-0.1, -0.05) is 12.1 Å². The van der Waals surface area contributed by atoms with Crippen LogP contribution in [0, 0.1) is 12.7 Å². The molecule has 1 amide bonds. The zero-order valence-corrected chi connectivity index (χ0v) is 16.5. The lowest BCUT2D eigenvalue weighted by molar-refractivity contribution is 0.102. The average Bonchev–Trinajstić information content (AvgIpc) is 2.72.